The molecule has 96 valence electrons. The van der Waals surface area contributed by atoms with Gasteiger partial charge in [-0.2, -0.15) is 0 Å². The number of carbonyl (C=O) groups is 1. The molecule has 18 heavy (non-hydrogen) atoms. The lowest BCUT2D eigenvalue weighted by Gasteiger charge is -1.97. The molecule has 2 aromatic heterocycles. The van der Waals surface area contributed by atoms with E-state index in [1.165, 1.54) is 22.7 Å². The van der Waals surface area contributed by atoms with Crippen molar-refractivity contribution in [3.8, 4) is 0 Å². The summed E-state index contributed by atoms with van der Waals surface area (Å²) < 4.78 is 0.866. The number of rotatable bonds is 4. The van der Waals surface area contributed by atoms with Gasteiger partial charge >= 0.3 is 0 Å². The molecule has 0 saturated heterocycles. The number of carbonyl (C=O) groups excluding carboxylic acids is 1. The Morgan fingerprint density at radius 3 is 2.72 bits per heavy atom. The van der Waals surface area contributed by atoms with Crippen molar-refractivity contribution in [3.05, 3.63) is 15.6 Å². The van der Waals surface area contributed by atoms with E-state index in [2.05, 4.69) is 20.5 Å². The second-order valence-corrected chi connectivity index (χ2v) is 7.10. The minimum atomic E-state index is -0.165. The molecule has 0 aromatic carbocycles. The molecule has 2 rings (SSSR count). The minimum absolute atomic E-state index is 0.165. The lowest BCUT2D eigenvalue weighted by Crippen LogP contribution is -2.11. The van der Waals surface area contributed by atoms with Crippen molar-refractivity contribution in [1.82, 2.24) is 15.2 Å². The van der Waals surface area contributed by atoms with Crippen molar-refractivity contribution in [3.63, 3.8) is 0 Å². The van der Waals surface area contributed by atoms with E-state index in [4.69, 9.17) is 0 Å². The van der Waals surface area contributed by atoms with E-state index in [-0.39, 0.29) is 5.91 Å². The molecule has 5 nitrogen and oxygen atoms in total. The maximum Gasteiger partial charge on any atom is 0.269 e. The molecule has 0 fully saturated rings. The minimum Gasteiger partial charge on any atom is -0.296 e. The first-order chi connectivity index (χ1) is 8.60. The largest absolute Gasteiger partial charge is 0.296 e. The molecule has 0 spiro atoms. The van der Waals surface area contributed by atoms with Gasteiger partial charge in [-0.15, -0.1) is 21.5 Å². The van der Waals surface area contributed by atoms with E-state index in [0.717, 1.165) is 20.8 Å². The summed E-state index contributed by atoms with van der Waals surface area (Å²) in [6.07, 6.45) is 0. The van der Waals surface area contributed by atoms with Crippen LogP contribution >= 0.6 is 34.4 Å². The molecule has 2 aromatic rings. The van der Waals surface area contributed by atoms with Gasteiger partial charge in [0.1, 0.15) is 4.88 Å². The van der Waals surface area contributed by atoms with E-state index in [0.29, 0.717) is 10.0 Å². The van der Waals surface area contributed by atoms with Gasteiger partial charge in [0.15, 0.2) is 4.34 Å². The number of thiazole rings is 1. The quantitative estimate of drug-likeness (QED) is 0.694. The van der Waals surface area contributed by atoms with Gasteiger partial charge < -0.3 is 0 Å². The molecule has 1 N–H and O–H groups in total. The fourth-order valence-electron chi connectivity index (χ4n) is 1.34. The fourth-order valence-corrected chi connectivity index (χ4v) is 3.80. The Bertz CT molecular complexity index is 563. The highest BCUT2D eigenvalue weighted by Gasteiger charge is 2.15. The van der Waals surface area contributed by atoms with E-state index in [1.54, 1.807) is 11.8 Å². The van der Waals surface area contributed by atoms with Crippen molar-refractivity contribution in [2.45, 2.75) is 25.1 Å². The number of hydrogen-bond donors (Lipinski definition) is 1. The predicted octanol–water partition coefficient (Wildman–Crippen LogP) is 2.98. The van der Waals surface area contributed by atoms with Gasteiger partial charge in [0.05, 0.1) is 10.7 Å². The predicted molar refractivity (Wildman–Crippen MR) is 75.8 cm³/mol. The summed E-state index contributed by atoms with van der Waals surface area (Å²) >= 11 is 4.38. The molecule has 2 heterocycles. The van der Waals surface area contributed by atoms with Gasteiger partial charge in [0, 0.05) is 0 Å². The van der Waals surface area contributed by atoms with Gasteiger partial charge in [0.25, 0.3) is 5.91 Å². The highest BCUT2D eigenvalue weighted by Crippen LogP contribution is 2.26. The monoisotopic (exact) mass is 300 g/mol. The third kappa shape index (κ3) is 3.06. The lowest BCUT2D eigenvalue weighted by molar-refractivity contribution is 0.102. The van der Waals surface area contributed by atoms with Crippen molar-refractivity contribution in [1.29, 1.82) is 0 Å². The summed E-state index contributed by atoms with van der Waals surface area (Å²) in [7, 11) is 0. The van der Waals surface area contributed by atoms with Gasteiger partial charge in [-0.25, -0.2) is 4.98 Å². The smallest absolute Gasteiger partial charge is 0.269 e. The second-order valence-electron chi connectivity index (χ2n) is 3.41. The van der Waals surface area contributed by atoms with E-state index in [1.807, 2.05) is 20.8 Å². The first-order valence-electron chi connectivity index (χ1n) is 5.31. The summed E-state index contributed by atoms with van der Waals surface area (Å²) in [5.41, 5.74) is 0.752. The number of nitrogens with one attached hydrogen (secondary N) is 1. The van der Waals surface area contributed by atoms with Gasteiger partial charge in [-0.1, -0.05) is 30.0 Å². The Kier molecular flexibility index (Phi) is 4.31. The van der Waals surface area contributed by atoms with Gasteiger partial charge in [-0.3, -0.25) is 10.1 Å². The summed E-state index contributed by atoms with van der Waals surface area (Å²) in [6.45, 7) is 5.76. The van der Waals surface area contributed by atoms with Crippen LogP contribution in [-0.4, -0.2) is 26.8 Å². The molecular weight excluding hydrogens is 288 g/mol. The third-order valence-corrected chi connectivity index (χ3v) is 4.93. The van der Waals surface area contributed by atoms with Crippen LogP contribution in [-0.2, 0) is 0 Å². The molecule has 0 saturated carbocycles. The summed E-state index contributed by atoms with van der Waals surface area (Å²) in [5.74, 6) is 0.776. The Morgan fingerprint density at radius 1 is 1.33 bits per heavy atom. The molecule has 0 bridgehead atoms. The van der Waals surface area contributed by atoms with Crippen LogP contribution in [0.4, 0.5) is 5.13 Å². The Morgan fingerprint density at radius 2 is 2.11 bits per heavy atom. The van der Waals surface area contributed by atoms with Crippen molar-refractivity contribution < 1.29 is 4.79 Å². The highest BCUT2D eigenvalue weighted by molar-refractivity contribution is 8.01. The van der Waals surface area contributed by atoms with E-state index >= 15 is 0 Å². The average Bonchev–Trinajstić information content (AvgIpc) is 2.86. The van der Waals surface area contributed by atoms with Crippen molar-refractivity contribution in [2.75, 3.05) is 11.1 Å². The van der Waals surface area contributed by atoms with Crippen LogP contribution in [0.2, 0.25) is 0 Å². The molecule has 8 heteroatoms. The zero-order valence-corrected chi connectivity index (χ0v) is 12.6. The number of nitrogens with zero attached hydrogens (tertiary/aromatic N) is 3. The summed E-state index contributed by atoms with van der Waals surface area (Å²) in [5, 5.41) is 12.1. The first kappa shape index (κ1) is 13.4. The molecule has 0 atom stereocenters. The van der Waals surface area contributed by atoms with Crippen LogP contribution in [0.5, 0.6) is 0 Å². The fraction of sp³-hybridized carbons (Fsp3) is 0.400. The molecule has 0 unspecified atom stereocenters. The van der Waals surface area contributed by atoms with E-state index < -0.39 is 0 Å². The van der Waals surface area contributed by atoms with Crippen LogP contribution in [0.3, 0.4) is 0 Å². The van der Waals surface area contributed by atoms with Crippen molar-refractivity contribution >= 4 is 45.5 Å². The molecule has 0 aliphatic heterocycles. The number of hydrogen-bond acceptors (Lipinski definition) is 7. The second kappa shape index (κ2) is 5.77. The zero-order chi connectivity index (χ0) is 13.1. The third-order valence-electron chi connectivity index (χ3n) is 2.00. The Labute approximate surface area is 117 Å². The van der Waals surface area contributed by atoms with E-state index in [9.17, 15) is 4.79 Å². The zero-order valence-electron chi connectivity index (χ0n) is 10.2. The first-order valence-corrected chi connectivity index (χ1v) is 7.93. The number of amides is 1. The van der Waals surface area contributed by atoms with Crippen LogP contribution in [0, 0.1) is 13.8 Å². The Hall–Kier alpha value is -0.990. The standard InChI is InChI=1S/C10H12N4OS3/c1-4-16-10-14-13-9(18-10)12-8(15)7-5(2)11-6(3)17-7/h4H2,1-3H3,(H,12,13,15). The molecule has 0 radical (unpaired) electrons. The normalized spacial score (nSPS) is 10.6. The van der Waals surface area contributed by atoms with Crippen LogP contribution in [0.15, 0.2) is 4.34 Å². The molecule has 1 amide bonds. The Balaban J connectivity index is 2.08. The van der Waals surface area contributed by atoms with Crippen LogP contribution in [0.1, 0.15) is 27.3 Å². The number of thioether (sulfide) groups is 1. The van der Waals surface area contributed by atoms with Crippen LogP contribution < -0.4 is 5.32 Å². The summed E-state index contributed by atoms with van der Waals surface area (Å²) in [4.78, 5) is 16.9. The maximum atomic E-state index is 12.0. The SMILES string of the molecule is CCSc1nnc(NC(=O)c2sc(C)nc2C)s1. The average molecular weight is 300 g/mol. The molecular formula is C10H12N4OS3. The number of aryl methyl sites for hydroxylation is 2. The van der Waals surface area contributed by atoms with Gasteiger partial charge in [0.2, 0.25) is 5.13 Å². The lowest BCUT2D eigenvalue weighted by atomic mass is 10.4. The molecule has 0 aliphatic carbocycles. The maximum absolute atomic E-state index is 12.0. The number of aromatic nitrogens is 3. The van der Waals surface area contributed by atoms with Gasteiger partial charge in [-0.05, 0) is 19.6 Å². The highest BCUT2D eigenvalue weighted by atomic mass is 32.2. The van der Waals surface area contributed by atoms with Crippen molar-refractivity contribution in [2.24, 2.45) is 0 Å². The number of anilines is 1. The van der Waals surface area contributed by atoms with Crippen LogP contribution in [0.25, 0.3) is 0 Å². The summed E-state index contributed by atoms with van der Waals surface area (Å²) in [6, 6.07) is 0. The topological polar surface area (TPSA) is 67.8 Å². The molecule has 0 aliphatic rings.